The van der Waals surface area contributed by atoms with Crippen LogP contribution < -0.4 is 5.14 Å². The van der Waals surface area contributed by atoms with Crippen LogP contribution >= 0.6 is 12.1 Å². The van der Waals surface area contributed by atoms with Crippen molar-refractivity contribution < 1.29 is 0 Å². The average molecular weight is 263 g/mol. The SMILES string of the molecule is CC1=NC2=C(C)C(=NSN)C(C)C(C)=C2CC1C. The quantitative estimate of drug-likeness (QED) is 0.733. The van der Waals surface area contributed by atoms with E-state index in [1.807, 2.05) is 0 Å². The molecule has 18 heavy (non-hydrogen) atoms. The predicted octanol–water partition coefficient (Wildman–Crippen LogP) is 3.69. The molecule has 1 aliphatic heterocycles. The Morgan fingerprint density at radius 2 is 1.94 bits per heavy atom. The molecule has 2 atom stereocenters. The molecule has 4 heteroatoms. The normalized spacial score (nSPS) is 30.8. The Balaban J connectivity index is 2.61. The van der Waals surface area contributed by atoms with Gasteiger partial charge in [0.05, 0.1) is 23.5 Å². The molecule has 0 aromatic carbocycles. The standard InChI is InChI=1S/C14H21N3S/c1-7-6-12-8(2)9(3)13(17-18-15)10(4)14(12)16-11(7)5/h7,9H,6,15H2,1-5H3. The summed E-state index contributed by atoms with van der Waals surface area (Å²) in [7, 11) is 0. The lowest BCUT2D eigenvalue weighted by atomic mass is 9.77. The molecule has 2 unspecified atom stereocenters. The van der Waals surface area contributed by atoms with Crippen molar-refractivity contribution in [1.82, 2.24) is 0 Å². The average Bonchev–Trinajstić information content (AvgIpc) is 2.34. The van der Waals surface area contributed by atoms with Crippen LogP contribution in [-0.4, -0.2) is 11.4 Å². The zero-order valence-corrected chi connectivity index (χ0v) is 12.6. The summed E-state index contributed by atoms with van der Waals surface area (Å²) in [6.07, 6.45) is 1.10. The van der Waals surface area contributed by atoms with Crippen molar-refractivity contribution in [2.75, 3.05) is 0 Å². The number of hydrogen-bond acceptors (Lipinski definition) is 4. The van der Waals surface area contributed by atoms with Gasteiger partial charge in [-0.05, 0) is 44.3 Å². The van der Waals surface area contributed by atoms with Gasteiger partial charge < -0.3 is 0 Å². The number of nitrogens with two attached hydrogens (primary N) is 1. The Labute approximate surface area is 114 Å². The maximum atomic E-state index is 5.50. The molecular formula is C14H21N3S. The largest absolute Gasteiger partial charge is 0.258 e. The second-order valence-corrected chi connectivity index (χ2v) is 5.69. The van der Waals surface area contributed by atoms with Gasteiger partial charge in [-0.2, -0.15) is 0 Å². The van der Waals surface area contributed by atoms with E-state index < -0.39 is 0 Å². The first-order chi connectivity index (χ1) is 8.47. The number of allylic oxidation sites excluding steroid dienone is 3. The number of fused-ring (bicyclic) bond motifs is 1. The van der Waals surface area contributed by atoms with E-state index in [4.69, 9.17) is 10.1 Å². The summed E-state index contributed by atoms with van der Waals surface area (Å²) >= 11 is 1.04. The number of nitrogens with zero attached hydrogens (tertiary/aromatic N) is 2. The van der Waals surface area contributed by atoms with Gasteiger partial charge in [0.1, 0.15) is 0 Å². The summed E-state index contributed by atoms with van der Waals surface area (Å²) < 4.78 is 4.38. The Bertz CT molecular complexity index is 497. The fourth-order valence-electron chi connectivity index (χ4n) is 2.68. The Kier molecular flexibility index (Phi) is 3.78. The van der Waals surface area contributed by atoms with Crippen molar-refractivity contribution in [3.05, 3.63) is 22.4 Å². The second kappa shape index (κ2) is 5.02. The van der Waals surface area contributed by atoms with Crippen molar-refractivity contribution in [1.29, 1.82) is 0 Å². The molecule has 0 spiro atoms. The van der Waals surface area contributed by atoms with Gasteiger partial charge in [-0.3, -0.25) is 10.1 Å². The fourth-order valence-corrected chi connectivity index (χ4v) is 3.09. The molecule has 3 nitrogen and oxygen atoms in total. The van der Waals surface area contributed by atoms with Gasteiger partial charge in [0.2, 0.25) is 0 Å². The van der Waals surface area contributed by atoms with Crippen LogP contribution in [0, 0.1) is 11.8 Å². The molecular weight excluding hydrogens is 242 g/mol. The number of hydrogen-bond donors (Lipinski definition) is 1. The van der Waals surface area contributed by atoms with Gasteiger partial charge in [0, 0.05) is 11.6 Å². The molecule has 0 bridgehead atoms. The topological polar surface area (TPSA) is 50.7 Å². The van der Waals surface area contributed by atoms with Crippen molar-refractivity contribution >= 4 is 23.6 Å². The summed E-state index contributed by atoms with van der Waals surface area (Å²) in [6, 6.07) is 0. The monoisotopic (exact) mass is 263 g/mol. The van der Waals surface area contributed by atoms with E-state index >= 15 is 0 Å². The molecule has 98 valence electrons. The van der Waals surface area contributed by atoms with Crippen molar-refractivity contribution in [2.45, 2.75) is 41.0 Å². The minimum atomic E-state index is 0.348. The molecule has 0 radical (unpaired) electrons. The highest BCUT2D eigenvalue weighted by atomic mass is 32.2. The summed E-state index contributed by atoms with van der Waals surface area (Å²) in [6.45, 7) is 10.9. The van der Waals surface area contributed by atoms with Crippen LogP contribution in [0.5, 0.6) is 0 Å². The van der Waals surface area contributed by atoms with E-state index in [1.54, 1.807) is 0 Å². The van der Waals surface area contributed by atoms with E-state index in [2.05, 4.69) is 39.0 Å². The molecule has 0 saturated heterocycles. The van der Waals surface area contributed by atoms with Crippen LogP contribution in [0.2, 0.25) is 0 Å². The molecule has 0 saturated carbocycles. The maximum Gasteiger partial charge on any atom is 0.0708 e. The summed E-state index contributed by atoms with van der Waals surface area (Å²) in [5.41, 5.74) is 7.42. The molecule has 1 heterocycles. The van der Waals surface area contributed by atoms with Crippen LogP contribution in [0.15, 0.2) is 31.8 Å². The van der Waals surface area contributed by atoms with Crippen LogP contribution in [0.1, 0.15) is 41.0 Å². The zero-order valence-electron chi connectivity index (χ0n) is 11.7. The van der Waals surface area contributed by atoms with Gasteiger partial charge >= 0.3 is 0 Å². The molecule has 0 aromatic heterocycles. The van der Waals surface area contributed by atoms with Crippen molar-refractivity contribution in [3.63, 3.8) is 0 Å². The van der Waals surface area contributed by atoms with E-state index in [0.717, 1.165) is 30.0 Å². The first-order valence-corrected chi connectivity index (χ1v) is 7.21. The van der Waals surface area contributed by atoms with E-state index in [-0.39, 0.29) is 0 Å². The zero-order chi connectivity index (χ0) is 13.4. The summed E-state index contributed by atoms with van der Waals surface area (Å²) in [5.74, 6) is 0.890. The van der Waals surface area contributed by atoms with Gasteiger partial charge in [-0.1, -0.05) is 19.4 Å². The third-order valence-corrected chi connectivity index (χ3v) is 4.53. The van der Waals surface area contributed by atoms with Crippen LogP contribution in [0.3, 0.4) is 0 Å². The minimum absolute atomic E-state index is 0.348. The third kappa shape index (κ3) is 2.08. The van der Waals surface area contributed by atoms with Gasteiger partial charge in [-0.25, -0.2) is 4.40 Å². The van der Waals surface area contributed by atoms with Gasteiger partial charge in [-0.15, -0.1) is 0 Å². The Morgan fingerprint density at radius 3 is 2.56 bits per heavy atom. The molecule has 2 N–H and O–H groups in total. The highest BCUT2D eigenvalue weighted by Crippen LogP contribution is 2.39. The molecule has 1 aliphatic carbocycles. The second-order valence-electron chi connectivity index (χ2n) is 5.30. The summed E-state index contributed by atoms with van der Waals surface area (Å²) in [5, 5.41) is 5.50. The van der Waals surface area contributed by atoms with Gasteiger partial charge in [0.25, 0.3) is 0 Å². The van der Waals surface area contributed by atoms with E-state index in [0.29, 0.717) is 11.8 Å². The van der Waals surface area contributed by atoms with Crippen LogP contribution in [0.4, 0.5) is 0 Å². The first-order valence-electron chi connectivity index (χ1n) is 6.37. The Morgan fingerprint density at radius 1 is 1.28 bits per heavy atom. The lowest BCUT2D eigenvalue weighted by Crippen LogP contribution is -2.26. The van der Waals surface area contributed by atoms with Crippen molar-refractivity contribution in [3.8, 4) is 0 Å². The van der Waals surface area contributed by atoms with E-state index in [1.165, 1.54) is 22.4 Å². The lowest BCUT2D eigenvalue weighted by Gasteiger charge is -2.32. The number of rotatable bonds is 1. The molecule has 0 fully saturated rings. The molecule has 0 aromatic rings. The first kappa shape index (κ1) is 13.6. The predicted molar refractivity (Wildman–Crippen MR) is 80.7 cm³/mol. The molecule has 2 aliphatic rings. The Hall–Kier alpha value is -0.870. The van der Waals surface area contributed by atoms with E-state index in [9.17, 15) is 0 Å². The smallest absolute Gasteiger partial charge is 0.0708 e. The highest BCUT2D eigenvalue weighted by Gasteiger charge is 2.31. The lowest BCUT2D eigenvalue weighted by molar-refractivity contribution is 0.706. The fraction of sp³-hybridized carbons (Fsp3) is 0.571. The number of aliphatic imine (C=N–C) groups is 1. The third-order valence-electron chi connectivity index (χ3n) is 4.22. The molecule has 0 amide bonds. The summed E-state index contributed by atoms with van der Waals surface area (Å²) in [4.78, 5) is 4.79. The molecule has 2 rings (SSSR count). The maximum absolute atomic E-state index is 5.50. The van der Waals surface area contributed by atoms with Crippen molar-refractivity contribution in [2.24, 2.45) is 26.4 Å². The van der Waals surface area contributed by atoms with Crippen LogP contribution in [-0.2, 0) is 0 Å². The highest BCUT2D eigenvalue weighted by molar-refractivity contribution is 7.95. The van der Waals surface area contributed by atoms with Gasteiger partial charge in [0.15, 0.2) is 0 Å². The minimum Gasteiger partial charge on any atom is -0.258 e. The van der Waals surface area contributed by atoms with Crippen LogP contribution in [0.25, 0.3) is 0 Å².